The molecule has 0 radical (unpaired) electrons. The molecule has 0 aromatic carbocycles. The van der Waals surface area contributed by atoms with Gasteiger partial charge in [-0.25, -0.2) is 0 Å². The molecule has 0 spiro atoms. The zero-order chi connectivity index (χ0) is 14.6. The fourth-order valence-corrected chi connectivity index (χ4v) is 2.51. The van der Waals surface area contributed by atoms with Crippen molar-refractivity contribution in [2.45, 2.75) is 44.1 Å². The first-order valence-electron chi connectivity index (χ1n) is 7.62. The molecular weight excluding hydrogens is 268 g/mol. The van der Waals surface area contributed by atoms with Gasteiger partial charge >= 0.3 is 0 Å². The fourth-order valence-electron chi connectivity index (χ4n) is 2.51. The van der Waals surface area contributed by atoms with Crippen molar-refractivity contribution in [3.05, 3.63) is 36.1 Å². The Morgan fingerprint density at radius 2 is 2.00 bits per heavy atom. The van der Waals surface area contributed by atoms with Crippen LogP contribution in [0.1, 0.15) is 32.6 Å². The molecule has 1 fully saturated rings. The molecule has 0 aromatic heterocycles. The Morgan fingerprint density at radius 1 is 1.24 bits per heavy atom. The number of hydrogen-bond donors (Lipinski definition) is 0. The maximum absolute atomic E-state index is 5.86. The first-order valence-corrected chi connectivity index (χ1v) is 7.62. The van der Waals surface area contributed by atoms with E-state index in [-0.39, 0.29) is 0 Å². The second kappa shape index (κ2) is 6.12. The minimum absolute atomic E-state index is 0.654. The molecular formula is C16H22N2O3. The van der Waals surface area contributed by atoms with Gasteiger partial charge in [0.1, 0.15) is 6.61 Å². The van der Waals surface area contributed by atoms with E-state index in [2.05, 4.69) is 16.3 Å². The van der Waals surface area contributed by atoms with Gasteiger partial charge in [0.25, 0.3) is 5.66 Å². The van der Waals surface area contributed by atoms with Crippen LogP contribution in [0.5, 0.6) is 0 Å². The predicted octanol–water partition coefficient (Wildman–Crippen LogP) is 3.50. The van der Waals surface area contributed by atoms with Crippen molar-refractivity contribution in [3.63, 3.8) is 0 Å². The summed E-state index contributed by atoms with van der Waals surface area (Å²) in [4.78, 5) is 0. The van der Waals surface area contributed by atoms with Gasteiger partial charge in [0.05, 0.1) is 19.0 Å². The van der Waals surface area contributed by atoms with Gasteiger partial charge in [-0.15, -0.1) is 10.2 Å². The van der Waals surface area contributed by atoms with E-state index in [0.29, 0.717) is 19.8 Å². The quantitative estimate of drug-likeness (QED) is 0.728. The summed E-state index contributed by atoms with van der Waals surface area (Å²) in [5, 5.41) is 8.37. The highest BCUT2D eigenvalue weighted by Gasteiger charge is 2.57. The van der Waals surface area contributed by atoms with E-state index >= 15 is 0 Å². The van der Waals surface area contributed by atoms with Crippen LogP contribution < -0.4 is 0 Å². The van der Waals surface area contributed by atoms with Gasteiger partial charge in [-0.05, 0) is 44.4 Å². The predicted molar refractivity (Wildman–Crippen MR) is 78.7 cm³/mol. The molecule has 21 heavy (non-hydrogen) atoms. The van der Waals surface area contributed by atoms with Crippen molar-refractivity contribution < 1.29 is 14.2 Å². The van der Waals surface area contributed by atoms with E-state index in [0.717, 1.165) is 31.4 Å². The van der Waals surface area contributed by atoms with E-state index in [1.165, 1.54) is 0 Å². The lowest BCUT2D eigenvalue weighted by molar-refractivity contribution is -0.228. The van der Waals surface area contributed by atoms with Crippen molar-refractivity contribution in [3.8, 4) is 0 Å². The molecule has 0 aromatic rings. The molecule has 0 saturated carbocycles. The lowest BCUT2D eigenvalue weighted by Gasteiger charge is -2.31. The molecule has 0 bridgehead atoms. The van der Waals surface area contributed by atoms with Gasteiger partial charge < -0.3 is 14.2 Å². The van der Waals surface area contributed by atoms with Crippen LogP contribution in [0.15, 0.2) is 46.4 Å². The van der Waals surface area contributed by atoms with Crippen molar-refractivity contribution in [1.82, 2.24) is 0 Å². The van der Waals surface area contributed by atoms with E-state index in [4.69, 9.17) is 14.2 Å². The molecule has 3 heterocycles. The number of ether oxygens (including phenoxy) is 3. The summed E-state index contributed by atoms with van der Waals surface area (Å²) >= 11 is 0. The molecule has 5 nitrogen and oxygen atoms in total. The van der Waals surface area contributed by atoms with Crippen molar-refractivity contribution in [2.24, 2.45) is 10.2 Å². The minimum atomic E-state index is -0.761. The Labute approximate surface area is 125 Å². The first-order chi connectivity index (χ1) is 10.2. The van der Waals surface area contributed by atoms with Crippen LogP contribution in [0.25, 0.3) is 0 Å². The molecule has 3 rings (SSSR count). The summed E-state index contributed by atoms with van der Waals surface area (Å²) in [6.45, 7) is 4.00. The SMILES string of the molecule is CC1(C2(C=CCCC3=CC=CCO3)N=N2)OCCCCO1. The fraction of sp³-hybridized carbons (Fsp3) is 0.625. The Bertz CT molecular complexity index is 480. The normalized spacial score (nSPS) is 26.2. The lowest BCUT2D eigenvalue weighted by Crippen LogP contribution is -2.46. The van der Waals surface area contributed by atoms with Crippen LogP contribution in [-0.4, -0.2) is 31.3 Å². The zero-order valence-corrected chi connectivity index (χ0v) is 12.5. The topological polar surface area (TPSA) is 52.4 Å². The van der Waals surface area contributed by atoms with E-state index in [1.807, 2.05) is 31.2 Å². The Balaban J connectivity index is 1.54. The highest BCUT2D eigenvalue weighted by molar-refractivity contribution is 5.19. The molecule has 3 aliphatic heterocycles. The first kappa shape index (κ1) is 14.5. The summed E-state index contributed by atoms with van der Waals surface area (Å²) in [6, 6.07) is 0. The number of rotatable bonds is 5. The summed E-state index contributed by atoms with van der Waals surface area (Å²) < 4.78 is 17.2. The van der Waals surface area contributed by atoms with Gasteiger partial charge in [0.2, 0.25) is 5.79 Å². The van der Waals surface area contributed by atoms with Crippen LogP contribution in [-0.2, 0) is 14.2 Å². The maximum atomic E-state index is 5.86. The Morgan fingerprint density at radius 3 is 2.62 bits per heavy atom. The summed E-state index contributed by atoms with van der Waals surface area (Å²) in [5.74, 6) is 0.262. The van der Waals surface area contributed by atoms with Crippen LogP contribution in [0.3, 0.4) is 0 Å². The number of hydrogen-bond acceptors (Lipinski definition) is 5. The molecule has 0 unspecified atom stereocenters. The minimum Gasteiger partial charge on any atom is -0.494 e. The average molecular weight is 290 g/mol. The number of allylic oxidation sites excluding steroid dienone is 4. The molecule has 0 N–H and O–H groups in total. The third kappa shape index (κ3) is 3.24. The monoisotopic (exact) mass is 290 g/mol. The third-order valence-electron chi connectivity index (χ3n) is 3.97. The largest absolute Gasteiger partial charge is 0.494 e. The lowest BCUT2D eigenvalue weighted by atomic mass is 10.0. The highest BCUT2D eigenvalue weighted by atomic mass is 16.7. The molecule has 0 amide bonds. The molecule has 0 atom stereocenters. The van der Waals surface area contributed by atoms with E-state index in [1.54, 1.807) is 0 Å². The van der Waals surface area contributed by atoms with Gasteiger partial charge in [0.15, 0.2) is 0 Å². The van der Waals surface area contributed by atoms with E-state index < -0.39 is 11.4 Å². The molecule has 1 saturated heterocycles. The summed E-state index contributed by atoms with van der Waals surface area (Å²) in [6.07, 6.45) is 13.9. The summed E-state index contributed by atoms with van der Waals surface area (Å²) in [5.41, 5.74) is -0.654. The van der Waals surface area contributed by atoms with Gasteiger partial charge in [0, 0.05) is 6.42 Å². The summed E-state index contributed by atoms with van der Waals surface area (Å²) in [7, 11) is 0. The molecule has 5 heteroatoms. The van der Waals surface area contributed by atoms with Crippen LogP contribution in [0.2, 0.25) is 0 Å². The van der Waals surface area contributed by atoms with Crippen LogP contribution >= 0.6 is 0 Å². The molecule has 3 aliphatic rings. The smallest absolute Gasteiger partial charge is 0.261 e. The number of nitrogens with zero attached hydrogens (tertiary/aromatic N) is 2. The third-order valence-corrected chi connectivity index (χ3v) is 3.97. The molecule has 0 aliphatic carbocycles. The second-order valence-electron chi connectivity index (χ2n) is 5.59. The van der Waals surface area contributed by atoms with Crippen LogP contribution in [0, 0.1) is 0 Å². The van der Waals surface area contributed by atoms with E-state index in [9.17, 15) is 0 Å². The Kier molecular flexibility index (Phi) is 4.22. The van der Waals surface area contributed by atoms with Crippen LogP contribution in [0.4, 0.5) is 0 Å². The van der Waals surface area contributed by atoms with Gasteiger partial charge in [-0.3, -0.25) is 0 Å². The van der Waals surface area contributed by atoms with Crippen molar-refractivity contribution in [1.29, 1.82) is 0 Å². The average Bonchev–Trinajstić information content (AvgIpc) is 3.31. The van der Waals surface area contributed by atoms with Gasteiger partial charge in [-0.1, -0.05) is 12.2 Å². The Hall–Kier alpha value is -1.46. The zero-order valence-electron chi connectivity index (χ0n) is 12.5. The second-order valence-corrected chi connectivity index (χ2v) is 5.59. The van der Waals surface area contributed by atoms with Crippen molar-refractivity contribution in [2.75, 3.05) is 19.8 Å². The molecule has 114 valence electrons. The highest BCUT2D eigenvalue weighted by Crippen LogP contribution is 2.44. The van der Waals surface area contributed by atoms with Crippen molar-refractivity contribution >= 4 is 0 Å². The maximum Gasteiger partial charge on any atom is 0.261 e. The standard InChI is InChI=1S/C16H22N2O3/c1-15(20-12-6-7-13-21-15)16(17-18-16)10-4-2-8-14-9-3-5-11-19-14/h3-5,9-10H,2,6-8,11-13H2,1H3. The van der Waals surface area contributed by atoms with Gasteiger partial charge in [-0.2, -0.15) is 0 Å².